The maximum Gasteiger partial charge on any atom is 0.116 e. The summed E-state index contributed by atoms with van der Waals surface area (Å²) in [6.07, 6.45) is 5.73. The number of nitrogens with zero attached hydrogens (tertiary/aromatic N) is 4. The molecule has 23 heavy (non-hydrogen) atoms. The highest BCUT2D eigenvalue weighted by molar-refractivity contribution is 9.10. The molecule has 2 heterocycles. The highest BCUT2D eigenvalue weighted by atomic mass is 79.9. The van der Waals surface area contributed by atoms with Crippen LogP contribution in [0.3, 0.4) is 0 Å². The topological polar surface area (TPSA) is 73.4 Å². The Hall–Kier alpha value is -2.78. The molecule has 5 nitrogen and oxygen atoms in total. The van der Waals surface area contributed by atoms with Gasteiger partial charge < -0.3 is 5.32 Å². The van der Waals surface area contributed by atoms with Crippen molar-refractivity contribution in [2.75, 3.05) is 5.32 Å². The first-order valence-electron chi connectivity index (χ1n) is 7.00. The zero-order chi connectivity index (χ0) is 15.8. The third-order valence-electron chi connectivity index (χ3n) is 3.74. The molecule has 1 aromatic heterocycles. The van der Waals surface area contributed by atoms with E-state index < -0.39 is 0 Å². The molecule has 0 radical (unpaired) electrons. The first-order chi connectivity index (χ1) is 11.2. The summed E-state index contributed by atoms with van der Waals surface area (Å²) >= 11 is 3.46. The molecule has 0 saturated heterocycles. The number of aliphatic imine (C=N–C) groups is 2. The first-order valence-corrected chi connectivity index (χ1v) is 7.80. The van der Waals surface area contributed by atoms with Gasteiger partial charge in [0.1, 0.15) is 12.4 Å². The minimum atomic E-state index is 0.503. The lowest BCUT2D eigenvalue weighted by Gasteiger charge is -2.18. The molecule has 4 rings (SSSR count). The molecule has 1 aromatic carbocycles. The molecule has 1 aliphatic carbocycles. The molecule has 2 aromatic rings. The fourth-order valence-electron chi connectivity index (χ4n) is 2.65. The maximum absolute atomic E-state index is 9.43. The van der Waals surface area contributed by atoms with Gasteiger partial charge in [-0.25, -0.2) is 9.98 Å². The summed E-state index contributed by atoms with van der Waals surface area (Å²) < 4.78 is 0.970. The summed E-state index contributed by atoms with van der Waals surface area (Å²) in [6, 6.07) is 10.0. The normalized spacial score (nSPS) is 14.4. The summed E-state index contributed by atoms with van der Waals surface area (Å²) in [7, 11) is 0. The molecule has 0 atom stereocenters. The van der Waals surface area contributed by atoms with Crippen LogP contribution in [0.2, 0.25) is 0 Å². The lowest BCUT2D eigenvalue weighted by Crippen LogP contribution is -2.13. The molecule has 1 aliphatic heterocycles. The van der Waals surface area contributed by atoms with Crippen molar-refractivity contribution in [1.82, 2.24) is 4.98 Å². The van der Waals surface area contributed by atoms with Crippen LogP contribution in [0, 0.1) is 11.3 Å². The van der Waals surface area contributed by atoms with Crippen molar-refractivity contribution in [1.29, 1.82) is 5.26 Å². The number of nitrogens with one attached hydrogen (secondary N) is 1. The Bertz CT molecular complexity index is 950. The summed E-state index contributed by atoms with van der Waals surface area (Å²) in [5.41, 5.74) is 5.71. The van der Waals surface area contributed by atoms with Gasteiger partial charge >= 0.3 is 0 Å². The van der Waals surface area contributed by atoms with E-state index in [-0.39, 0.29) is 0 Å². The molecular formula is C17H10BrN5. The summed E-state index contributed by atoms with van der Waals surface area (Å²) in [6.45, 7) is 0. The number of rotatable bonds is 2. The molecule has 0 bridgehead atoms. The smallest absolute Gasteiger partial charge is 0.116 e. The number of allylic oxidation sites excluding steroid dienone is 1. The van der Waals surface area contributed by atoms with Crippen molar-refractivity contribution < 1.29 is 0 Å². The standard InChI is InChI=1S/C17H10BrN5/c18-11-2-1-3-12(4-11)23-17-10(7-19)8-20-14-6-16-15(5-13(14)17)21-9-22-16/h1-5,8-9H,6H2,(H,20,23). The van der Waals surface area contributed by atoms with Crippen molar-refractivity contribution in [2.24, 2.45) is 9.98 Å². The van der Waals surface area contributed by atoms with Crippen LogP contribution in [0.4, 0.5) is 11.4 Å². The van der Waals surface area contributed by atoms with Gasteiger partial charge in [-0.05, 0) is 24.3 Å². The molecular weight excluding hydrogens is 354 g/mol. The zero-order valence-electron chi connectivity index (χ0n) is 11.9. The number of pyridine rings is 1. The Morgan fingerprint density at radius 2 is 2.22 bits per heavy atom. The van der Waals surface area contributed by atoms with Crippen molar-refractivity contribution in [3.63, 3.8) is 0 Å². The molecule has 0 saturated carbocycles. The molecule has 0 spiro atoms. The fourth-order valence-corrected chi connectivity index (χ4v) is 3.05. The second kappa shape index (κ2) is 5.45. The largest absolute Gasteiger partial charge is 0.354 e. The SMILES string of the molecule is N#Cc1cnc2c(c1Nc1cccc(Br)c1)C=C1N=CN=C1C2. The van der Waals surface area contributed by atoms with Crippen molar-refractivity contribution in [2.45, 2.75) is 6.42 Å². The van der Waals surface area contributed by atoms with Crippen molar-refractivity contribution in [3.05, 3.63) is 57.5 Å². The van der Waals surface area contributed by atoms with Gasteiger partial charge in [-0.3, -0.25) is 4.98 Å². The van der Waals surface area contributed by atoms with E-state index >= 15 is 0 Å². The predicted octanol–water partition coefficient (Wildman–Crippen LogP) is 3.84. The Morgan fingerprint density at radius 1 is 1.30 bits per heavy atom. The Balaban J connectivity index is 1.85. The Morgan fingerprint density at radius 3 is 3.04 bits per heavy atom. The van der Waals surface area contributed by atoms with Crippen LogP contribution >= 0.6 is 15.9 Å². The monoisotopic (exact) mass is 363 g/mol. The van der Waals surface area contributed by atoms with Crippen LogP contribution < -0.4 is 5.32 Å². The van der Waals surface area contributed by atoms with Gasteiger partial charge in [-0.1, -0.05) is 22.0 Å². The predicted molar refractivity (Wildman–Crippen MR) is 94.0 cm³/mol. The van der Waals surface area contributed by atoms with Gasteiger partial charge in [0.05, 0.1) is 28.4 Å². The lowest BCUT2D eigenvalue weighted by molar-refractivity contribution is 1.11. The van der Waals surface area contributed by atoms with E-state index in [4.69, 9.17) is 0 Å². The lowest BCUT2D eigenvalue weighted by atomic mass is 9.95. The van der Waals surface area contributed by atoms with Crippen LogP contribution in [0.1, 0.15) is 16.8 Å². The second-order valence-electron chi connectivity index (χ2n) is 5.18. The zero-order valence-corrected chi connectivity index (χ0v) is 13.5. The van der Waals surface area contributed by atoms with Crippen LogP contribution in [-0.4, -0.2) is 17.0 Å². The highest BCUT2D eigenvalue weighted by Crippen LogP contribution is 2.33. The number of fused-ring (bicyclic) bond motifs is 2. The highest BCUT2D eigenvalue weighted by Gasteiger charge is 2.23. The average molecular weight is 364 g/mol. The van der Waals surface area contributed by atoms with Crippen LogP contribution in [0.5, 0.6) is 0 Å². The van der Waals surface area contributed by atoms with Gasteiger partial charge in [-0.2, -0.15) is 5.26 Å². The average Bonchev–Trinajstić information content (AvgIpc) is 3.01. The van der Waals surface area contributed by atoms with Crippen LogP contribution in [0.15, 0.2) is 50.6 Å². The fraction of sp³-hybridized carbons (Fsp3) is 0.0588. The number of halogens is 1. The third kappa shape index (κ3) is 2.45. The Kier molecular flexibility index (Phi) is 3.28. The number of benzene rings is 1. The number of nitriles is 1. The summed E-state index contributed by atoms with van der Waals surface area (Å²) in [5.74, 6) is 0. The van der Waals surface area contributed by atoms with E-state index in [2.05, 4.69) is 42.3 Å². The molecule has 0 fully saturated rings. The summed E-state index contributed by atoms with van der Waals surface area (Å²) in [5, 5.41) is 12.8. The van der Waals surface area contributed by atoms with Gasteiger partial charge in [0.15, 0.2) is 0 Å². The molecule has 0 unspecified atom stereocenters. The van der Waals surface area contributed by atoms with Gasteiger partial charge in [0.2, 0.25) is 0 Å². The number of hydrogen-bond acceptors (Lipinski definition) is 5. The van der Waals surface area contributed by atoms with Crippen molar-refractivity contribution in [3.8, 4) is 6.07 Å². The number of hydrogen-bond donors (Lipinski definition) is 1. The van der Waals surface area contributed by atoms with E-state index in [9.17, 15) is 5.26 Å². The van der Waals surface area contributed by atoms with Gasteiger partial charge in [-0.15, -0.1) is 0 Å². The molecule has 1 N–H and O–H groups in total. The van der Waals surface area contributed by atoms with Crippen LogP contribution in [-0.2, 0) is 6.42 Å². The van der Waals surface area contributed by atoms with E-state index in [1.54, 1.807) is 12.5 Å². The maximum atomic E-state index is 9.43. The second-order valence-corrected chi connectivity index (χ2v) is 6.10. The minimum absolute atomic E-state index is 0.503. The molecule has 0 amide bonds. The quantitative estimate of drug-likeness (QED) is 0.880. The molecule has 2 aliphatic rings. The first kappa shape index (κ1) is 13.9. The van der Waals surface area contributed by atoms with Crippen LogP contribution in [0.25, 0.3) is 6.08 Å². The number of aromatic nitrogens is 1. The Labute approximate surface area is 141 Å². The molecule has 6 heteroatoms. The molecule has 110 valence electrons. The van der Waals surface area contributed by atoms with Gasteiger partial charge in [0.25, 0.3) is 0 Å². The van der Waals surface area contributed by atoms with E-state index in [0.717, 1.165) is 38.5 Å². The summed E-state index contributed by atoms with van der Waals surface area (Å²) in [4.78, 5) is 12.9. The third-order valence-corrected chi connectivity index (χ3v) is 4.23. The van der Waals surface area contributed by atoms with Gasteiger partial charge in [0, 0.05) is 28.3 Å². The van der Waals surface area contributed by atoms with E-state index in [1.165, 1.54) is 0 Å². The van der Waals surface area contributed by atoms with E-state index in [1.807, 2.05) is 30.3 Å². The number of anilines is 2. The van der Waals surface area contributed by atoms with Crippen molar-refractivity contribution >= 4 is 45.4 Å². The minimum Gasteiger partial charge on any atom is -0.354 e. The van der Waals surface area contributed by atoms with E-state index in [0.29, 0.717) is 12.0 Å².